The molecule has 154 valence electrons. The molecular weight excluding hydrogens is 412 g/mol. The third-order valence-corrected chi connectivity index (χ3v) is 5.10. The van der Waals surface area contributed by atoms with E-state index in [4.69, 9.17) is 0 Å². The Morgan fingerprint density at radius 3 is 2.62 bits per heavy atom. The molecule has 2 aromatic carbocycles. The quantitative estimate of drug-likeness (QED) is 0.614. The van der Waals surface area contributed by atoms with E-state index in [2.05, 4.69) is 15.6 Å². The van der Waals surface area contributed by atoms with Gasteiger partial charge in [-0.15, -0.1) is 24.8 Å². The van der Waals surface area contributed by atoms with E-state index in [1.807, 2.05) is 24.3 Å². The summed E-state index contributed by atoms with van der Waals surface area (Å²) in [5.41, 5.74) is 2.81. The van der Waals surface area contributed by atoms with E-state index in [0.717, 1.165) is 36.0 Å². The van der Waals surface area contributed by atoms with Gasteiger partial charge in [0.05, 0.1) is 16.8 Å². The summed E-state index contributed by atoms with van der Waals surface area (Å²) in [6.07, 6.45) is 2.15. The number of hydrogen-bond donors (Lipinski definition) is 2. The number of halogens is 3. The van der Waals surface area contributed by atoms with Gasteiger partial charge in [0.15, 0.2) is 0 Å². The Hall–Kier alpha value is -2.21. The van der Waals surface area contributed by atoms with Gasteiger partial charge in [0, 0.05) is 17.5 Å². The molecule has 0 saturated carbocycles. The van der Waals surface area contributed by atoms with Crippen molar-refractivity contribution in [2.45, 2.75) is 12.8 Å². The Bertz CT molecular complexity index is 960. The molecule has 4 nitrogen and oxygen atoms in total. The van der Waals surface area contributed by atoms with Crippen LogP contribution in [-0.4, -0.2) is 30.5 Å². The van der Waals surface area contributed by atoms with Gasteiger partial charge in [-0.25, -0.2) is 9.37 Å². The highest BCUT2D eigenvalue weighted by Gasteiger charge is 2.16. The van der Waals surface area contributed by atoms with E-state index in [-0.39, 0.29) is 36.5 Å². The van der Waals surface area contributed by atoms with Crippen molar-refractivity contribution in [3.8, 4) is 11.3 Å². The Labute approximate surface area is 182 Å². The molecule has 2 heterocycles. The number of fused-ring (bicyclic) bond motifs is 1. The summed E-state index contributed by atoms with van der Waals surface area (Å²) in [6, 6.07) is 15.6. The Morgan fingerprint density at radius 1 is 1.14 bits per heavy atom. The maximum atomic E-state index is 13.2. The second-order valence-corrected chi connectivity index (χ2v) is 6.98. The van der Waals surface area contributed by atoms with Gasteiger partial charge < -0.3 is 10.6 Å². The van der Waals surface area contributed by atoms with Crippen molar-refractivity contribution in [2.24, 2.45) is 5.92 Å². The van der Waals surface area contributed by atoms with Crippen LogP contribution in [0.5, 0.6) is 0 Å². The molecule has 1 fully saturated rings. The molecule has 0 radical (unpaired) electrons. The van der Waals surface area contributed by atoms with Gasteiger partial charge in [-0.3, -0.25) is 4.79 Å². The molecule has 1 aromatic heterocycles. The predicted molar refractivity (Wildman–Crippen MR) is 120 cm³/mol. The average Bonchev–Trinajstić information content (AvgIpc) is 3.21. The highest BCUT2D eigenvalue weighted by Crippen LogP contribution is 2.25. The number of aromatic nitrogens is 1. The van der Waals surface area contributed by atoms with Gasteiger partial charge in [-0.1, -0.05) is 18.2 Å². The van der Waals surface area contributed by atoms with Crippen molar-refractivity contribution < 1.29 is 9.18 Å². The number of carbonyl (C=O) groups is 1. The smallest absolute Gasteiger partial charge is 0.252 e. The maximum absolute atomic E-state index is 13.2. The molecule has 1 unspecified atom stereocenters. The molecule has 1 aliphatic rings. The highest BCUT2D eigenvalue weighted by atomic mass is 35.5. The predicted octanol–water partition coefficient (Wildman–Crippen LogP) is 4.61. The lowest BCUT2D eigenvalue weighted by molar-refractivity contribution is 0.0953. The van der Waals surface area contributed by atoms with Crippen LogP contribution in [0.1, 0.15) is 23.2 Å². The van der Waals surface area contributed by atoms with Gasteiger partial charge in [-0.05, 0) is 68.2 Å². The molecule has 1 atom stereocenters. The van der Waals surface area contributed by atoms with Crippen molar-refractivity contribution >= 4 is 41.6 Å². The molecule has 0 spiro atoms. The third-order valence-electron chi connectivity index (χ3n) is 5.10. The van der Waals surface area contributed by atoms with Crippen LogP contribution in [-0.2, 0) is 0 Å². The minimum atomic E-state index is -0.293. The first-order valence-corrected chi connectivity index (χ1v) is 9.35. The summed E-state index contributed by atoms with van der Waals surface area (Å²) in [5.74, 6) is 0.246. The number of carbonyl (C=O) groups excluding carboxylic acids is 1. The van der Waals surface area contributed by atoms with Crippen molar-refractivity contribution in [3.63, 3.8) is 0 Å². The number of amides is 1. The van der Waals surface area contributed by atoms with Gasteiger partial charge in [-0.2, -0.15) is 0 Å². The van der Waals surface area contributed by atoms with Crippen LogP contribution in [0.2, 0.25) is 0 Å². The van der Waals surface area contributed by atoms with Crippen LogP contribution in [0, 0.1) is 11.7 Å². The van der Waals surface area contributed by atoms with Gasteiger partial charge >= 0.3 is 0 Å². The molecule has 0 aliphatic carbocycles. The van der Waals surface area contributed by atoms with Crippen LogP contribution >= 0.6 is 24.8 Å². The standard InChI is InChI=1S/C22H22FN3O.2ClH/c23-17-7-5-16(6-8-17)21-13-19(18-3-1-2-4-20(18)26-21)22(27)25-12-10-15-9-11-24-14-15;;/h1-8,13,15,24H,9-12,14H2,(H,25,27);2*1H. The number of nitrogens with one attached hydrogen (secondary N) is 2. The first kappa shape index (κ1) is 23.1. The van der Waals surface area contributed by atoms with Gasteiger partial charge in [0.1, 0.15) is 5.82 Å². The molecule has 3 aromatic rings. The summed E-state index contributed by atoms with van der Waals surface area (Å²) < 4.78 is 13.2. The molecule has 1 saturated heterocycles. The van der Waals surface area contributed by atoms with Gasteiger partial charge in [0.25, 0.3) is 5.91 Å². The van der Waals surface area contributed by atoms with Crippen LogP contribution < -0.4 is 10.6 Å². The normalized spacial score (nSPS) is 15.4. The monoisotopic (exact) mass is 435 g/mol. The summed E-state index contributed by atoms with van der Waals surface area (Å²) in [6.45, 7) is 2.76. The topological polar surface area (TPSA) is 54.0 Å². The molecule has 0 bridgehead atoms. The lowest BCUT2D eigenvalue weighted by Crippen LogP contribution is -2.26. The van der Waals surface area contributed by atoms with E-state index in [9.17, 15) is 9.18 Å². The molecule has 1 amide bonds. The Balaban J connectivity index is 0.00000150. The van der Waals surface area contributed by atoms with Crippen molar-refractivity contribution in [1.82, 2.24) is 15.6 Å². The van der Waals surface area contributed by atoms with E-state index < -0.39 is 0 Å². The minimum absolute atomic E-state index is 0. The fourth-order valence-corrected chi connectivity index (χ4v) is 3.58. The number of benzene rings is 2. The van der Waals surface area contributed by atoms with E-state index in [1.165, 1.54) is 18.6 Å². The zero-order valence-electron chi connectivity index (χ0n) is 15.9. The van der Waals surface area contributed by atoms with Crippen LogP contribution in [0.3, 0.4) is 0 Å². The molecule has 1 aliphatic heterocycles. The van der Waals surface area contributed by atoms with Gasteiger partial charge in [0.2, 0.25) is 0 Å². The average molecular weight is 436 g/mol. The zero-order chi connectivity index (χ0) is 18.6. The van der Waals surface area contributed by atoms with Crippen LogP contribution in [0.15, 0.2) is 54.6 Å². The van der Waals surface area contributed by atoms with Crippen molar-refractivity contribution in [1.29, 1.82) is 0 Å². The summed E-state index contributed by atoms with van der Waals surface area (Å²) in [7, 11) is 0. The van der Waals surface area contributed by atoms with Crippen LogP contribution in [0.4, 0.5) is 4.39 Å². The SMILES string of the molecule is Cl.Cl.O=C(NCCC1CCNC1)c1cc(-c2ccc(F)cc2)nc2ccccc12. The second kappa shape index (κ2) is 10.5. The lowest BCUT2D eigenvalue weighted by atomic mass is 10.0. The van der Waals surface area contributed by atoms with Crippen molar-refractivity contribution in [3.05, 3.63) is 66.0 Å². The van der Waals surface area contributed by atoms with E-state index in [0.29, 0.717) is 23.7 Å². The number of hydrogen-bond acceptors (Lipinski definition) is 3. The zero-order valence-corrected chi connectivity index (χ0v) is 17.5. The number of para-hydroxylation sites is 1. The minimum Gasteiger partial charge on any atom is -0.352 e. The Kier molecular flexibility index (Phi) is 8.38. The molecule has 4 rings (SSSR count). The fourth-order valence-electron chi connectivity index (χ4n) is 3.58. The first-order valence-electron chi connectivity index (χ1n) is 9.35. The summed E-state index contributed by atoms with van der Waals surface area (Å²) >= 11 is 0. The summed E-state index contributed by atoms with van der Waals surface area (Å²) in [5, 5.41) is 7.22. The summed E-state index contributed by atoms with van der Waals surface area (Å²) in [4.78, 5) is 17.5. The largest absolute Gasteiger partial charge is 0.352 e. The Morgan fingerprint density at radius 2 is 1.90 bits per heavy atom. The van der Waals surface area contributed by atoms with Crippen LogP contribution in [0.25, 0.3) is 22.2 Å². The fraction of sp³-hybridized carbons (Fsp3) is 0.273. The highest BCUT2D eigenvalue weighted by molar-refractivity contribution is 6.07. The number of pyridine rings is 1. The van der Waals surface area contributed by atoms with E-state index in [1.54, 1.807) is 18.2 Å². The number of nitrogens with zero attached hydrogens (tertiary/aromatic N) is 1. The lowest BCUT2D eigenvalue weighted by Gasteiger charge is -2.12. The third kappa shape index (κ3) is 5.44. The second-order valence-electron chi connectivity index (χ2n) is 6.98. The maximum Gasteiger partial charge on any atom is 0.252 e. The van der Waals surface area contributed by atoms with E-state index >= 15 is 0 Å². The molecule has 2 N–H and O–H groups in total. The molecule has 7 heteroatoms. The van der Waals surface area contributed by atoms with Crippen molar-refractivity contribution in [2.75, 3.05) is 19.6 Å². The number of rotatable bonds is 5. The first-order chi connectivity index (χ1) is 13.2. The molecule has 29 heavy (non-hydrogen) atoms. The molecular formula is C22H24Cl2FN3O.